The first-order valence-electron chi connectivity index (χ1n) is 21.1. The highest BCUT2D eigenvalue weighted by molar-refractivity contribution is 7.81. The summed E-state index contributed by atoms with van der Waals surface area (Å²) in [5.41, 5.74) is 18.1. The van der Waals surface area contributed by atoms with Crippen molar-refractivity contribution in [3.63, 3.8) is 0 Å². The molecular formula is C31H52N3O35S5-5. The molecule has 12 N–H and O–H groups in total. The quantitative estimate of drug-likeness (QED) is 0.0381. The Bertz CT molecular complexity index is 2450. The summed E-state index contributed by atoms with van der Waals surface area (Å²) in [6, 6.07) is -5.32. The Balaban J connectivity index is 1.40. The molecule has 0 aromatic heterocycles. The molecule has 25 atom stereocenters. The van der Waals surface area contributed by atoms with Gasteiger partial charge in [-0.2, -0.15) is 0 Å². The Morgan fingerprint density at radius 2 is 0.770 bits per heavy atom. The molecule has 5 rings (SSSR count). The largest absolute Gasteiger partial charge is 0.726 e. The molecule has 10 unspecified atom stereocenters. The number of rotatable bonds is 21. The number of aliphatic hydroxyl groups is 6. The monoisotopic (exact) mass is 1190 g/mol. The van der Waals surface area contributed by atoms with E-state index in [-0.39, 0.29) is 0 Å². The van der Waals surface area contributed by atoms with E-state index in [1.54, 1.807) is 0 Å². The summed E-state index contributed by atoms with van der Waals surface area (Å²) in [5, 5.41) is 65.7. The molecule has 0 saturated carbocycles. The second kappa shape index (κ2) is 24.6. The maximum absolute atomic E-state index is 12.2. The van der Waals surface area contributed by atoms with Crippen molar-refractivity contribution < 1.29 is 159 Å². The van der Waals surface area contributed by atoms with E-state index in [0.29, 0.717) is 0 Å². The van der Waals surface area contributed by atoms with E-state index < -0.39 is 225 Å². The summed E-state index contributed by atoms with van der Waals surface area (Å²) in [4.78, 5) is 0. The predicted octanol–water partition coefficient (Wildman–Crippen LogP) is -11.5. The molecule has 5 saturated heterocycles. The Kier molecular flexibility index (Phi) is 21.1. The molecule has 5 aliphatic heterocycles. The lowest BCUT2D eigenvalue weighted by Crippen LogP contribution is -2.69. The van der Waals surface area contributed by atoms with Gasteiger partial charge in [-0.3, -0.25) is 20.9 Å². The molecule has 436 valence electrons. The zero-order valence-electron chi connectivity index (χ0n) is 37.9. The van der Waals surface area contributed by atoms with Crippen molar-refractivity contribution in [2.75, 3.05) is 19.8 Å². The Hall–Kier alpha value is -1.37. The van der Waals surface area contributed by atoms with E-state index in [9.17, 15) is 95.5 Å². The van der Waals surface area contributed by atoms with Gasteiger partial charge in [-0.1, -0.05) is 0 Å². The summed E-state index contributed by atoms with van der Waals surface area (Å²) >= 11 is 0. The van der Waals surface area contributed by atoms with Crippen LogP contribution in [-0.4, -0.2) is 268 Å². The lowest BCUT2D eigenvalue weighted by Gasteiger charge is -2.50. The Labute approximate surface area is 420 Å². The van der Waals surface area contributed by atoms with Crippen molar-refractivity contribution in [3.05, 3.63) is 0 Å². The van der Waals surface area contributed by atoms with Crippen LogP contribution in [0.3, 0.4) is 0 Å². The van der Waals surface area contributed by atoms with Crippen LogP contribution in [0.1, 0.15) is 20.8 Å². The standard InChI is InChI=1S/C31H57N3O35S5/c1-7-13(32)18(37)24(11(59-7)5-57-71(44,45)46)66-31-27(69-74(53,54)55)21(40)23(9(3)61-31)65-29-15(34)26(68-73(50,51)52)25(12(63-29)6-58-72(47,48)49)67-30-20(39)19(38)22(8(2)60-30)64-28-14(33)17(36)16(35)10(62-28)4-56-70(41,42)43/h7-31,35-40H,4-6,32-34H2,1-3H3,(H,41,42,43)(H,44,45,46)(H,47,48,49)(H,50,51,52)(H,53,54,55)/p-5/t7-,8?,9?,10?,11?,12?,13?,14?,15?,16+,17+,18+,19+,20?,21+,22+,23+,24+,25+,26+,27?,28+,29-,30-,31-/m0/s1. The van der Waals surface area contributed by atoms with Crippen LogP contribution in [0.5, 0.6) is 0 Å². The molecule has 0 amide bonds. The van der Waals surface area contributed by atoms with Crippen LogP contribution < -0.4 is 17.2 Å². The maximum Gasteiger partial charge on any atom is 0.218 e. The summed E-state index contributed by atoms with van der Waals surface area (Å²) < 4.78 is 246. The second-order valence-electron chi connectivity index (χ2n) is 17.0. The minimum Gasteiger partial charge on any atom is -0.726 e. The third-order valence-corrected chi connectivity index (χ3v) is 13.9. The SMILES string of the molecule is CC1O[C@@H](O[C@@H]2C(COS(=O)(=O)[O-])O[C@@H](O[C@@H]3C(C)O[C@@H](O[C@@H]4C(COS(=O)(=O)[O-])O[C@@H](C)C(N)[C@H]4O)C(OS(=O)(=O)[O-])[C@@H]3O)C(N)[C@H]2OS(=O)(=O)[O-])C(O)[C@@H](O)[C@@H]1O[C@H]1OC(COS(=O)(=O)[O-])[C@@H](O)[C@H](O)C1N. The van der Waals surface area contributed by atoms with Crippen LogP contribution in [0.2, 0.25) is 0 Å². The average molecular weight is 1190 g/mol. The smallest absolute Gasteiger partial charge is 0.218 e. The molecule has 5 fully saturated rings. The highest BCUT2D eigenvalue weighted by Gasteiger charge is 2.57. The minimum atomic E-state index is -6.00. The second-order valence-corrected chi connectivity index (χ2v) is 22.2. The molecule has 0 aliphatic carbocycles. The van der Waals surface area contributed by atoms with Crippen molar-refractivity contribution in [1.82, 2.24) is 0 Å². The molecule has 43 heteroatoms. The average Bonchev–Trinajstić information content (AvgIpc) is 3.25. The molecule has 0 aromatic carbocycles. The van der Waals surface area contributed by atoms with Gasteiger partial charge in [0.2, 0.25) is 52.0 Å². The number of ether oxygens (including phenoxy) is 9. The third kappa shape index (κ3) is 16.8. The Morgan fingerprint density at radius 1 is 0.365 bits per heavy atom. The van der Waals surface area contributed by atoms with Crippen molar-refractivity contribution in [3.8, 4) is 0 Å². The lowest BCUT2D eigenvalue weighted by molar-refractivity contribution is -0.372. The molecule has 74 heavy (non-hydrogen) atoms. The number of nitrogens with two attached hydrogens (primary N) is 3. The van der Waals surface area contributed by atoms with Crippen molar-refractivity contribution in [2.45, 2.75) is 174 Å². The van der Waals surface area contributed by atoms with Gasteiger partial charge in [0.15, 0.2) is 31.3 Å². The van der Waals surface area contributed by atoms with E-state index in [2.05, 4.69) is 20.9 Å². The Morgan fingerprint density at radius 3 is 1.27 bits per heavy atom. The third-order valence-electron chi connectivity index (χ3n) is 11.8. The van der Waals surface area contributed by atoms with Gasteiger partial charge < -0.3 is 113 Å². The fourth-order valence-corrected chi connectivity index (χ4v) is 10.1. The summed E-state index contributed by atoms with van der Waals surface area (Å²) in [7, 11) is -28.4. The van der Waals surface area contributed by atoms with Gasteiger partial charge in [0.05, 0.1) is 56.3 Å². The van der Waals surface area contributed by atoms with Gasteiger partial charge in [-0.15, -0.1) is 0 Å². The zero-order chi connectivity index (χ0) is 56.0. The van der Waals surface area contributed by atoms with Gasteiger partial charge in [0.25, 0.3) is 0 Å². The molecular weight excluding hydrogens is 1130 g/mol. The van der Waals surface area contributed by atoms with Crippen molar-refractivity contribution >= 4 is 52.0 Å². The van der Waals surface area contributed by atoms with E-state index in [1.165, 1.54) is 6.92 Å². The molecule has 0 radical (unpaired) electrons. The highest BCUT2D eigenvalue weighted by Crippen LogP contribution is 2.37. The van der Waals surface area contributed by atoms with Gasteiger partial charge in [0, 0.05) is 0 Å². The normalized spacial score (nSPS) is 44.3. The van der Waals surface area contributed by atoms with Crippen LogP contribution in [0.15, 0.2) is 0 Å². The fourth-order valence-electron chi connectivity index (χ4n) is 8.19. The molecule has 5 aliphatic rings. The van der Waals surface area contributed by atoms with E-state index in [0.717, 1.165) is 13.8 Å². The highest BCUT2D eigenvalue weighted by atomic mass is 32.3. The number of hydrogen-bond donors (Lipinski definition) is 9. The fraction of sp³-hybridized carbons (Fsp3) is 1.00. The molecule has 0 spiro atoms. The van der Waals surface area contributed by atoms with Crippen LogP contribution >= 0.6 is 0 Å². The van der Waals surface area contributed by atoms with Gasteiger partial charge in [0.1, 0.15) is 85.5 Å². The van der Waals surface area contributed by atoms with E-state index in [4.69, 9.17) is 59.8 Å². The zero-order valence-corrected chi connectivity index (χ0v) is 41.9. The van der Waals surface area contributed by atoms with Crippen LogP contribution in [-0.2, 0) is 116 Å². The van der Waals surface area contributed by atoms with E-state index >= 15 is 0 Å². The van der Waals surface area contributed by atoms with Gasteiger partial charge >= 0.3 is 0 Å². The first-order chi connectivity index (χ1) is 33.8. The molecule has 0 bridgehead atoms. The topological polar surface area (TPSA) is 615 Å². The maximum atomic E-state index is 12.2. The molecule has 38 nitrogen and oxygen atoms in total. The molecule has 5 heterocycles. The van der Waals surface area contributed by atoms with Gasteiger partial charge in [-0.05, 0) is 20.8 Å². The lowest BCUT2D eigenvalue weighted by atomic mass is 9.93. The van der Waals surface area contributed by atoms with Crippen molar-refractivity contribution in [1.29, 1.82) is 0 Å². The summed E-state index contributed by atoms with van der Waals surface area (Å²) in [6.45, 7) is -0.404. The van der Waals surface area contributed by atoms with Gasteiger partial charge in [-0.25, -0.2) is 42.1 Å². The van der Waals surface area contributed by atoms with Crippen LogP contribution in [0.25, 0.3) is 0 Å². The first-order valence-corrected chi connectivity index (χ1v) is 27.8. The number of hydrogen-bond acceptors (Lipinski definition) is 38. The summed E-state index contributed by atoms with van der Waals surface area (Å²) in [5.74, 6) is 0. The number of aliphatic hydroxyl groups excluding tert-OH is 6. The van der Waals surface area contributed by atoms with Crippen LogP contribution in [0.4, 0.5) is 0 Å². The predicted molar refractivity (Wildman–Crippen MR) is 216 cm³/mol. The van der Waals surface area contributed by atoms with Crippen LogP contribution in [0, 0.1) is 0 Å². The first kappa shape index (κ1) is 63.5. The van der Waals surface area contributed by atoms with E-state index in [1.807, 2.05) is 0 Å². The van der Waals surface area contributed by atoms with Crippen molar-refractivity contribution in [2.24, 2.45) is 17.2 Å². The minimum absolute atomic E-state index is 1.04. The summed E-state index contributed by atoms with van der Waals surface area (Å²) in [6.07, 6.45) is -45.4. The molecule has 0 aromatic rings.